The van der Waals surface area contributed by atoms with Crippen molar-refractivity contribution >= 4 is 0 Å². The van der Waals surface area contributed by atoms with Gasteiger partial charge in [0.2, 0.25) is 0 Å². The number of nitrogens with zero attached hydrogens (tertiary/aromatic N) is 7. The van der Waals surface area contributed by atoms with Gasteiger partial charge in [-0.15, -0.1) is 0 Å². The molecular weight excluding hydrogens is 388 g/mol. The minimum absolute atomic E-state index is 0.00719. The minimum atomic E-state index is -0.123. The summed E-state index contributed by atoms with van der Waals surface area (Å²) < 4.78 is 21.4. The van der Waals surface area contributed by atoms with Crippen molar-refractivity contribution in [3.63, 3.8) is 0 Å². The first-order valence-electron chi connectivity index (χ1n) is 10.2. The number of hydrogen-bond acceptors (Lipinski definition) is 9. The molecule has 30 heavy (non-hydrogen) atoms. The van der Waals surface area contributed by atoms with Crippen LogP contribution in [0.2, 0.25) is 0 Å². The molecule has 3 fully saturated rings. The molecule has 0 bridgehead atoms. The van der Waals surface area contributed by atoms with Crippen LogP contribution in [-0.2, 0) is 9.47 Å². The molecule has 3 aromatic rings. The smallest absolute Gasteiger partial charge is 0.341 e. The first-order valence-corrected chi connectivity index (χ1v) is 10.2. The molecule has 0 amide bonds. The standard InChI is InChI=1S/C19H22N8O3/c1-2-12(1)7-21-15-8-28-18-16(9-29-17(15)18)27-19(23-24-25-27)30-14-5-3-13(4-6-14)26-11-20-10-22-26/h3-6,10-12,15-18,21H,1-2,7-9H2/t15-,16+,17-,18+/m0/s1. The van der Waals surface area contributed by atoms with Crippen LogP contribution in [0.4, 0.5) is 0 Å². The second-order valence-corrected chi connectivity index (χ2v) is 7.96. The first-order chi connectivity index (χ1) is 14.8. The quantitative estimate of drug-likeness (QED) is 0.603. The van der Waals surface area contributed by atoms with Crippen LogP contribution in [0.25, 0.3) is 5.69 Å². The Hall–Kier alpha value is -2.89. The molecule has 2 aromatic heterocycles. The average molecular weight is 410 g/mol. The molecule has 2 saturated heterocycles. The van der Waals surface area contributed by atoms with Gasteiger partial charge in [-0.2, -0.15) is 9.78 Å². The molecule has 156 valence electrons. The van der Waals surface area contributed by atoms with E-state index in [1.165, 1.54) is 19.2 Å². The van der Waals surface area contributed by atoms with Gasteiger partial charge in [-0.05, 0) is 60.0 Å². The molecule has 6 rings (SSSR count). The highest BCUT2D eigenvalue weighted by atomic mass is 16.6. The molecule has 4 atom stereocenters. The molecule has 1 N–H and O–H groups in total. The van der Waals surface area contributed by atoms with E-state index < -0.39 is 0 Å². The number of tetrazole rings is 1. The number of ether oxygens (including phenoxy) is 3. The van der Waals surface area contributed by atoms with Gasteiger partial charge in [-0.25, -0.2) is 9.67 Å². The molecule has 0 spiro atoms. The Kier molecular flexibility index (Phi) is 4.43. The zero-order chi connectivity index (χ0) is 19.9. The monoisotopic (exact) mass is 410 g/mol. The molecule has 4 heterocycles. The normalized spacial score (nSPS) is 28.0. The topological polar surface area (TPSA) is 114 Å². The fourth-order valence-electron chi connectivity index (χ4n) is 4.08. The van der Waals surface area contributed by atoms with E-state index in [0.29, 0.717) is 25.0 Å². The van der Waals surface area contributed by atoms with Crippen LogP contribution in [0.1, 0.15) is 18.9 Å². The third-order valence-corrected chi connectivity index (χ3v) is 5.90. The van der Waals surface area contributed by atoms with Gasteiger partial charge in [0.15, 0.2) is 0 Å². The Bertz CT molecular complexity index is 988. The lowest BCUT2D eigenvalue weighted by atomic mass is 10.1. The molecule has 1 aromatic carbocycles. The largest absolute Gasteiger partial charge is 0.423 e. The summed E-state index contributed by atoms with van der Waals surface area (Å²) in [5.74, 6) is 1.44. The Labute approximate surface area is 172 Å². The van der Waals surface area contributed by atoms with Crippen LogP contribution in [0, 0.1) is 5.92 Å². The van der Waals surface area contributed by atoms with Crippen molar-refractivity contribution in [1.82, 2.24) is 40.3 Å². The number of benzene rings is 1. The van der Waals surface area contributed by atoms with E-state index in [0.717, 1.165) is 18.2 Å². The molecule has 1 aliphatic carbocycles. The Morgan fingerprint density at radius 2 is 1.97 bits per heavy atom. The lowest BCUT2D eigenvalue weighted by molar-refractivity contribution is 0.0611. The molecule has 11 nitrogen and oxygen atoms in total. The summed E-state index contributed by atoms with van der Waals surface area (Å²) in [6.07, 6.45) is 5.69. The van der Waals surface area contributed by atoms with E-state index in [1.54, 1.807) is 15.7 Å². The van der Waals surface area contributed by atoms with Gasteiger partial charge in [0.1, 0.15) is 36.7 Å². The van der Waals surface area contributed by atoms with Crippen molar-refractivity contribution in [2.75, 3.05) is 19.8 Å². The van der Waals surface area contributed by atoms with Crippen LogP contribution >= 0.6 is 0 Å². The highest BCUT2D eigenvalue weighted by molar-refractivity contribution is 5.37. The van der Waals surface area contributed by atoms with E-state index in [9.17, 15) is 0 Å². The second-order valence-electron chi connectivity index (χ2n) is 7.96. The number of rotatable bonds is 7. The predicted molar refractivity (Wildman–Crippen MR) is 102 cm³/mol. The summed E-state index contributed by atoms with van der Waals surface area (Å²) in [4.78, 5) is 3.95. The van der Waals surface area contributed by atoms with Gasteiger partial charge in [0, 0.05) is 0 Å². The van der Waals surface area contributed by atoms with Gasteiger partial charge < -0.3 is 19.5 Å². The van der Waals surface area contributed by atoms with Crippen molar-refractivity contribution < 1.29 is 14.2 Å². The maximum atomic E-state index is 6.07. The van der Waals surface area contributed by atoms with Crippen LogP contribution in [0.15, 0.2) is 36.9 Å². The van der Waals surface area contributed by atoms with Crippen molar-refractivity contribution in [2.24, 2.45) is 5.92 Å². The van der Waals surface area contributed by atoms with Gasteiger partial charge in [-0.3, -0.25) is 0 Å². The van der Waals surface area contributed by atoms with E-state index in [4.69, 9.17) is 14.2 Å². The van der Waals surface area contributed by atoms with Gasteiger partial charge in [0.05, 0.1) is 24.9 Å². The maximum Gasteiger partial charge on any atom is 0.341 e. The lowest BCUT2D eigenvalue weighted by Crippen LogP contribution is -2.41. The van der Waals surface area contributed by atoms with Crippen molar-refractivity contribution in [2.45, 2.75) is 37.1 Å². The van der Waals surface area contributed by atoms with Crippen LogP contribution < -0.4 is 10.1 Å². The van der Waals surface area contributed by atoms with Crippen LogP contribution in [-0.4, -0.2) is 73.0 Å². The summed E-state index contributed by atoms with van der Waals surface area (Å²) in [7, 11) is 0. The fourth-order valence-corrected chi connectivity index (χ4v) is 4.08. The number of nitrogens with one attached hydrogen (secondary N) is 1. The average Bonchev–Trinajstić information content (AvgIpc) is 3.21. The fraction of sp³-hybridized carbons (Fsp3) is 0.526. The third-order valence-electron chi connectivity index (χ3n) is 5.90. The van der Waals surface area contributed by atoms with Gasteiger partial charge >= 0.3 is 6.01 Å². The van der Waals surface area contributed by atoms with E-state index in [1.807, 2.05) is 24.3 Å². The highest BCUT2D eigenvalue weighted by Gasteiger charge is 2.49. The molecule has 2 aliphatic heterocycles. The Balaban J connectivity index is 1.15. The number of aromatic nitrogens is 7. The Morgan fingerprint density at radius 3 is 2.77 bits per heavy atom. The van der Waals surface area contributed by atoms with Gasteiger partial charge in [0.25, 0.3) is 0 Å². The van der Waals surface area contributed by atoms with Crippen LogP contribution in [0.5, 0.6) is 11.8 Å². The highest BCUT2D eigenvalue weighted by Crippen LogP contribution is 2.36. The lowest BCUT2D eigenvalue weighted by Gasteiger charge is -2.18. The summed E-state index contributed by atoms with van der Waals surface area (Å²) in [6.45, 7) is 2.17. The molecule has 1 saturated carbocycles. The zero-order valence-electron chi connectivity index (χ0n) is 16.2. The van der Waals surface area contributed by atoms with Crippen molar-refractivity contribution in [3.8, 4) is 17.4 Å². The zero-order valence-corrected chi connectivity index (χ0v) is 16.2. The summed E-state index contributed by atoms with van der Waals surface area (Å²) in [5.41, 5.74) is 0.885. The second kappa shape index (κ2) is 7.42. The van der Waals surface area contributed by atoms with Crippen molar-refractivity contribution in [3.05, 3.63) is 36.9 Å². The minimum Gasteiger partial charge on any atom is -0.423 e. The first kappa shape index (κ1) is 17.9. The van der Waals surface area contributed by atoms with E-state index in [2.05, 4.69) is 30.9 Å². The summed E-state index contributed by atoms with van der Waals surface area (Å²) >= 11 is 0. The Morgan fingerprint density at radius 1 is 1.10 bits per heavy atom. The SMILES string of the molecule is c1ncn(-c2ccc(Oc3nnnn3[C@@H]3CO[C@@H]4[C@@H]3OC[C@@H]4NCC3CC3)cc2)n1. The number of hydrogen-bond donors (Lipinski definition) is 1. The molecule has 11 heteroatoms. The summed E-state index contributed by atoms with van der Waals surface area (Å²) in [5, 5.41) is 19.7. The summed E-state index contributed by atoms with van der Waals surface area (Å²) in [6, 6.07) is 7.87. The molecule has 0 unspecified atom stereocenters. The predicted octanol–water partition coefficient (Wildman–Crippen LogP) is 0.753. The van der Waals surface area contributed by atoms with E-state index >= 15 is 0 Å². The van der Waals surface area contributed by atoms with Gasteiger partial charge in [-0.1, -0.05) is 5.10 Å². The molecular formula is C19H22N8O3. The third kappa shape index (κ3) is 3.34. The van der Waals surface area contributed by atoms with E-state index in [-0.39, 0.29) is 24.3 Å². The van der Waals surface area contributed by atoms with Crippen molar-refractivity contribution in [1.29, 1.82) is 0 Å². The number of fused-ring (bicyclic) bond motifs is 1. The van der Waals surface area contributed by atoms with Crippen LogP contribution in [0.3, 0.4) is 0 Å². The molecule has 0 radical (unpaired) electrons. The maximum absolute atomic E-state index is 6.07. The molecule has 3 aliphatic rings.